The van der Waals surface area contributed by atoms with Gasteiger partial charge in [0.1, 0.15) is 0 Å². The van der Waals surface area contributed by atoms with Gasteiger partial charge in [-0.1, -0.05) is 169 Å². The van der Waals surface area contributed by atoms with Gasteiger partial charge in [0.05, 0.1) is 30.5 Å². The molecule has 8 heteroatoms. The van der Waals surface area contributed by atoms with Crippen LogP contribution in [0.25, 0.3) is 83.7 Å². The zero-order valence-corrected chi connectivity index (χ0v) is 43.8. The molecule has 0 fully saturated rings. The van der Waals surface area contributed by atoms with Gasteiger partial charge >= 0.3 is 0 Å². The van der Waals surface area contributed by atoms with Crippen molar-refractivity contribution in [1.29, 1.82) is 0 Å². The third kappa shape index (κ3) is 9.55. The molecule has 0 aliphatic carbocycles. The van der Waals surface area contributed by atoms with Gasteiger partial charge in [-0.3, -0.25) is 9.37 Å². The first-order valence-corrected chi connectivity index (χ1v) is 26.7. The fourth-order valence-corrected chi connectivity index (χ4v) is 10.5. The summed E-state index contributed by atoms with van der Waals surface area (Å²) in [6.07, 6.45) is 1.91. The third-order valence-corrected chi connectivity index (χ3v) is 14.5. The van der Waals surface area contributed by atoms with E-state index in [1.807, 2.05) is 69.4 Å². The van der Waals surface area contributed by atoms with Crippen LogP contribution in [0.1, 0.15) is 83.0 Å². The maximum Gasteiger partial charge on any atom is 0.215 e. The van der Waals surface area contributed by atoms with Crippen LogP contribution in [0.2, 0.25) is 19.6 Å². The molecule has 0 amide bonds. The molecule has 6 aromatic carbocycles. The van der Waals surface area contributed by atoms with Crippen molar-refractivity contribution >= 4 is 46.4 Å². The molecule has 0 saturated carbocycles. The van der Waals surface area contributed by atoms with Crippen molar-refractivity contribution in [1.82, 2.24) is 19.5 Å². The Balaban J connectivity index is 0.000000200. The van der Waals surface area contributed by atoms with Crippen LogP contribution in [0.15, 0.2) is 150 Å². The zero-order valence-electron chi connectivity index (χ0n) is 41.4. The molecule has 345 valence electrons. The second-order valence-electron chi connectivity index (χ2n) is 19.3. The normalized spacial score (nSPS) is 12.1. The van der Waals surface area contributed by atoms with Crippen molar-refractivity contribution in [3.63, 3.8) is 0 Å². The van der Waals surface area contributed by atoms with Gasteiger partial charge in [-0.15, -0.1) is 41.5 Å². The summed E-state index contributed by atoms with van der Waals surface area (Å²) in [5.41, 5.74) is 15.3. The molecular weight excluding hydrogens is 1030 g/mol. The quantitative estimate of drug-likeness (QED) is 0.107. The SMILES string of the molecule is Cc1ccc2c(n1)oc1[c-]c(-c3nc4ccccc4n3-c3c(C(C)C)cc(-c4ccccc4)cc3C(C)C)ccc12.[2H]C(C)(C)c1cc(-c2[c-]cc(F)c(-c3ccccc3)c2)ncc1[Si](C)(C)C.[Ir]. The van der Waals surface area contributed by atoms with Crippen LogP contribution in [0.3, 0.4) is 0 Å². The molecule has 0 spiro atoms. The summed E-state index contributed by atoms with van der Waals surface area (Å²) in [4.78, 5) is 14.4. The second kappa shape index (κ2) is 19.7. The average Bonchev–Trinajstić information content (AvgIpc) is 3.89. The van der Waals surface area contributed by atoms with E-state index in [2.05, 4.69) is 159 Å². The van der Waals surface area contributed by atoms with Crippen molar-refractivity contribution in [2.75, 3.05) is 0 Å². The van der Waals surface area contributed by atoms with Crippen LogP contribution in [-0.2, 0) is 20.1 Å². The van der Waals surface area contributed by atoms with Crippen LogP contribution in [0.5, 0.6) is 0 Å². The molecule has 1 radical (unpaired) electrons. The topological polar surface area (TPSA) is 56.7 Å². The van der Waals surface area contributed by atoms with E-state index in [1.54, 1.807) is 6.07 Å². The van der Waals surface area contributed by atoms with Crippen molar-refractivity contribution < 1.29 is 30.3 Å². The minimum Gasteiger partial charge on any atom is -0.459 e. The number of halogens is 1. The Hall–Kier alpha value is -6.31. The van der Waals surface area contributed by atoms with Gasteiger partial charge in [0.15, 0.2) is 0 Å². The van der Waals surface area contributed by atoms with Crippen molar-refractivity contribution in [2.45, 2.75) is 85.8 Å². The van der Waals surface area contributed by atoms with Crippen LogP contribution in [0, 0.1) is 24.9 Å². The first-order valence-electron chi connectivity index (χ1n) is 23.7. The van der Waals surface area contributed by atoms with E-state index in [-0.39, 0.29) is 25.9 Å². The Labute approximate surface area is 416 Å². The molecule has 4 heterocycles. The molecular formula is C60H57FIrN4OSi-2. The molecule has 4 aromatic heterocycles. The van der Waals surface area contributed by atoms with E-state index in [1.165, 1.54) is 39.2 Å². The third-order valence-electron chi connectivity index (χ3n) is 12.5. The summed E-state index contributed by atoms with van der Waals surface area (Å²) >= 11 is 0. The Morgan fingerprint density at radius 1 is 0.676 bits per heavy atom. The first kappa shape index (κ1) is 46.8. The summed E-state index contributed by atoms with van der Waals surface area (Å²) in [5, 5.41) is 3.20. The minimum absolute atomic E-state index is 0. The molecule has 68 heavy (non-hydrogen) atoms. The average molecular weight is 1090 g/mol. The molecule has 10 rings (SSSR count). The van der Waals surface area contributed by atoms with Crippen molar-refractivity contribution in [2.24, 2.45) is 0 Å². The summed E-state index contributed by atoms with van der Waals surface area (Å²) < 4.78 is 31.5. The van der Waals surface area contributed by atoms with Crippen LogP contribution < -0.4 is 5.19 Å². The van der Waals surface area contributed by atoms with E-state index in [9.17, 15) is 4.39 Å². The zero-order chi connectivity index (χ0) is 48.1. The van der Waals surface area contributed by atoms with Crippen molar-refractivity contribution in [3.8, 4) is 50.6 Å². The molecule has 0 N–H and O–H groups in total. The molecule has 0 bridgehead atoms. The number of para-hydroxylation sites is 2. The number of furan rings is 1. The summed E-state index contributed by atoms with van der Waals surface area (Å²) in [6, 6.07) is 53.3. The van der Waals surface area contributed by atoms with Gasteiger partial charge in [-0.05, 0) is 93.7 Å². The van der Waals surface area contributed by atoms with Crippen LogP contribution >= 0.6 is 0 Å². The molecule has 0 aliphatic heterocycles. The van der Waals surface area contributed by atoms with Gasteiger partial charge in [-0.25, -0.2) is 4.98 Å². The van der Waals surface area contributed by atoms with E-state index in [0.717, 1.165) is 61.3 Å². The number of rotatable bonds is 9. The first-order chi connectivity index (χ1) is 32.5. The Morgan fingerprint density at radius 2 is 1.31 bits per heavy atom. The van der Waals surface area contributed by atoms with Crippen molar-refractivity contribution in [3.05, 3.63) is 186 Å². The van der Waals surface area contributed by atoms with Gasteiger partial charge in [0.2, 0.25) is 5.71 Å². The van der Waals surface area contributed by atoms with Crippen LogP contribution in [-0.4, -0.2) is 27.6 Å². The summed E-state index contributed by atoms with van der Waals surface area (Å²) in [5.74, 6) is 0.432. The number of hydrogen-bond acceptors (Lipinski definition) is 4. The van der Waals surface area contributed by atoms with E-state index in [4.69, 9.17) is 10.8 Å². The molecule has 0 aliphatic rings. The number of aromatic nitrogens is 4. The van der Waals surface area contributed by atoms with Gasteiger partial charge < -0.3 is 14.0 Å². The van der Waals surface area contributed by atoms with E-state index >= 15 is 0 Å². The fraction of sp³-hybridized carbons (Fsp3) is 0.217. The Bertz CT molecular complexity index is 3430. The molecule has 0 unspecified atom stereocenters. The maximum atomic E-state index is 14.4. The maximum absolute atomic E-state index is 14.4. The summed E-state index contributed by atoms with van der Waals surface area (Å²) in [6.45, 7) is 21.7. The van der Waals surface area contributed by atoms with Crippen LogP contribution in [0.4, 0.5) is 4.39 Å². The Kier molecular flexibility index (Phi) is 13.6. The minimum atomic E-state index is -1.64. The predicted molar refractivity (Wildman–Crippen MR) is 280 cm³/mol. The number of aryl methyl sites for hydroxylation is 1. The van der Waals surface area contributed by atoms with Gasteiger partial charge in [-0.2, -0.15) is 0 Å². The Morgan fingerprint density at radius 3 is 1.96 bits per heavy atom. The molecule has 0 saturated heterocycles. The van der Waals surface area contributed by atoms with E-state index in [0.29, 0.717) is 28.7 Å². The monoisotopic (exact) mass is 1090 g/mol. The standard InChI is InChI=1S/C37H32N3O.C23H25FNSi.Ir/c1-22(2)30-19-27(25-11-7-6-8-12-25)20-31(23(3)4)35(30)40-33-14-10-9-13-32(33)39-36(40)26-16-18-28-29-17-15-24(5)38-37(29)41-34(28)21-26;1-16(2)19-14-22(25-15-23(19)26(3,4)5)18-11-12-21(24)20(13-18)17-9-7-6-8-10-17;/h6-20,22-23H,1-5H3;6-10,12-16H,1-5H3;/q2*-1;/i;16D;. The fourth-order valence-electron chi connectivity index (χ4n) is 8.93. The molecule has 5 nitrogen and oxygen atoms in total. The second-order valence-corrected chi connectivity index (χ2v) is 24.3. The number of nitrogens with zero attached hydrogens (tertiary/aromatic N) is 4. The number of hydrogen-bond donors (Lipinski definition) is 0. The number of pyridine rings is 2. The number of fused-ring (bicyclic) bond motifs is 4. The molecule has 0 atom stereocenters. The largest absolute Gasteiger partial charge is 0.459 e. The smallest absolute Gasteiger partial charge is 0.215 e. The van der Waals surface area contributed by atoms with Gasteiger partial charge in [0.25, 0.3) is 0 Å². The number of benzene rings is 6. The van der Waals surface area contributed by atoms with E-state index < -0.39 is 14.0 Å². The molecule has 10 aromatic rings. The van der Waals surface area contributed by atoms with Gasteiger partial charge in [0, 0.05) is 50.3 Å². The number of imidazole rings is 1. The predicted octanol–water partition coefficient (Wildman–Crippen LogP) is 16.0. The summed E-state index contributed by atoms with van der Waals surface area (Å²) in [7, 11) is -1.64.